The van der Waals surface area contributed by atoms with Gasteiger partial charge in [0.1, 0.15) is 12.1 Å². The van der Waals surface area contributed by atoms with Gasteiger partial charge < -0.3 is 15.1 Å². The predicted molar refractivity (Wildman–Crippen MR) is 139 cm³/mol. The Morgan fingerprint density at radius 2 is 1.83 bits per heavy atom. The molecule has 2 heterocycles. The summed E-state index contributed by atoms with van der Waals surface area (Å²) in [4.78, 5) is 25.4. The fraction of sp³-hybridized carbons (Fsp3) is 0.286. The average Bonchev–Trinajstić information content (AvgIpc) is 3.32. The maximum absolute atomic E-state index is 12.7. The monoisotopic (exact) mass is 469 g/mol. The van der Waals surface area contributed by atoms with Crippen LogP contribution in [0.1, 0.15) is 55.8 Å². The maximum atomic E-state index is 12.7. The van der Waals surface area contributed by atoms with Gasteiger partial charge in [0.15, 0.2) is 11.7 Å². The van der Waals surface area contributed by atoms with E-state index in [1.165, 1.54) is 11.9 Å². The van der Waals surface area contributed by atoms with E-state index in [9.17, 15) is 4.79 Å². The molecule has 2 aromatic heterocycles. The van der Waals surface area contributed by atoms with E-state index in [4.69, 9.17) is 4.42 Å². The van der Waals surface area contributed by atoms with Gasteiger partial charge in [-0.1, -0.05) is 51.1 Å². The number of carbonyl (C=O) groups excluding carboxylic acids is 1. The first-order chi connectivity index (χ1) is 16.9. The van der Waals surface area contributed by atoms with Crippen LogP contribution in [0.25, 0.3) is 11.3 Å². The highest BCUT2D eigenvalue weighted by atomic mass is 16.4. The van der Waals surface area contributed by atoms with Crippen LogP contribution in [-0.4, -0.2) is 20.9 Å². The summed E-state index contributed by atoms with van der Waals surface area (Å²) < 4.78 is 5.90. The number of hydrogen-bond acceptors (Lipinski definition) is 6. The van der Waals surface area contributed by atoms with Crippen LogP contribution < -0.4 is 10.6 Å². The number of anilines is 3. The normalized spacial score (nSPS) is 11.0. The number of hydrogen-bond donors (Lipinski definition) is 2. The third kappa shape index (κ3) is 6.32. The molecule has 0 radical (unpaired) electrons. The van der Waals surface area contributed by atoms with Crippen LogP contribution in [0.3, 0.4) is 0 Å². The van der Waals surface area contributed by atoms with Gasteiger partial charge in [0.05, 0.1) is 6.20 Å². The van der Waals surface area contributed by atoms with E-state index in [0.29, 0.717) is 29.8 Å². The third-order valence-corrected chi connectivity index (χ3v) is 5.82. The first-order valence-corrected chi connectivity index (χ1v) is 11.9. The SMILES string of the molecule is CCc1ccc(Nc2cc(C)ncn2)cc1NC(=O)CCc1ncc(-c2ccc(C(C)C)cc2)o1. The number of carbonyl (C=O) groups is 1. The zero-order valence-corrected chi connectivity index (χ0v) is 20.6. The van der Waals surface area contributed by atoms with Gasteiger partial charge in [0.25, 0.3) is 0 Å². The number of oxazole rings is 1. The van der Waals surface area contributed by atoms with Crippen LogP contribution in [-0.2, 0) is 17.6 Å². The molecular weight excluding hydrogens is 438 g/mol. The number of nitrogens with one attached hydrogen (secondary N) is 2. The number of aromatic nitrogens is 3. The highest BCUT2D eigenvalue weighted by Gasteiger charge is 2.12. The molecule has 0 aliphatic carbocycles. The number of amides is 1. The van der Waals surface area contributed by atoms with E-state index in [-0.39, 0.29) is 12.3 Å². The summed E-state index contributed by atoms with van der Waals surface area (Å²) in [7, 11) is 0. The van der Waals surface area contributed by atoms with Crippen molar-refractivity contribution in [1.82, 2.24) is 15.0 Å². The van der Waals surface area contributed by atoms with Crippen LogP contribution >= 0.6 is 0 Å². The van der Waals surface area contributed by atoms with Crippen molar-refractivity contribution in [2.75, 3.05) is 10.6 Å². The molecule has 35 heavy (non-hydrogen) atoms. The van der Waals surface area contributed by atoms with E-state index < -0.39 is 0 Å². The second kappa shape index (κ2) is 11.0. The van der Waals surface area contributed by atoms with Crippen LogP contribution in [0.4, 0.5) is 17.2 Å². The van der Waals surface area contributed by atoms with E-state index in [1.807, 2.05) is 43.3 Å². The molecule has 0 saturated carbocycles. The van der Waals surface area contributed by atoms with Gasteiger partial charge in [-0.2, -0.15) is 0 Å². The molecule has 1 amide bonds. The molecule has 0 spiro atoms. The van der Waals surface area contributed by atoms with Gasteiger partial charge in [-0.05, 0) is 42.5 Å². The van der Waals surface area contributed by atoms with Crippen molar-refractivity contribution in [1.29, 1.82) is 0 Å². The van der Waals surface area contributed by atoms with Crippen LogP contribution in [0, 0.1) is 6.92 Å². The molecule has 0 aliphatic heterocycles. The Morgan fingerprint density at radius 1 is 1.03 bits per heavy atom. The average molecular weight is 470 g/mol. The lowest BCUT2D eigenvalue weighted by molar-refractivity contribution is -0.116. The third-order valence-electron chi connectivity index (χ3n) is 5.82. The lowest BCUT2D eigenvalue weighted by Crippen LogP contribution is -2.14. The number of nitrogens with zero attached hydrogens (tertiary/aromatic N) is 3. The van der Waals surface area contributed by atoms with Crippen LogP contribution in [0.5, 0.6) is 0 Å². The van der Waals surface area contributed by atoms with Gasteiger partial charge >= 0.3 is 0 Å². The Hall–Kier alpha value is -4.00. The molecule has 180 valence electrons. The first kappa shape index (κ1) is 24.1. The van der Waals surface area contributed by atoms with E-state index in [2.05, 4.69) is 58.5 Å². The quantitative estimate of drug-likeness (QED) is 0.293. The van der Waals surface area contributed by atoms with Crippen molar-refractivity contribution in [3.8, 4) is 11.3 Å². The van der Waals surface area contributed by atoms with Crippen LogP contribution in [0.2, 0.25) is 0 Å². The van der Waals surface area contributed by atoms with E-state index >= 15 is 0 Å². The number of benzene rings is 2. The summed E-state index contributed by atoms with van der Waals surface area (Å²) in [6, 6.07) is 16.1. The van der Waals surface area contributed by atoms with Gasteiger partial charge in [-0.25, -0.2) is 15.0 Å². The summed E-state index contributed by atoms with van der Waals surface area (Å²) in [5.41, 5.74) is 5.83. The molecule has 7 heteroatoms. The molecule has 0 unspecified atom stereocenters. The molecular formula is C28H31N5O2. The zero-order chi connectivity index (χ0) is 24.8. The summed E-state index contributed by atoms with van der Waals surface area (Å²) >= 11 is 0. The topological polar surface area (TPSA) is 92.9 Å². The summed E-state index contributed by atoms with van der Waals surface area (Å²) in [5, 5.41) is 6.31. The van der Waals surface area contributed by atoms with Crippen molar-refractivity contribution >= 4 is 23.1 Å². The standard InChI is InChI=1S/C28H31N5O2/c1-5-20-10-11-23(32-26-14-19(4)30-17-31-26)15-24(20)33-27(34)12-13-28-29-16-25(35-28)22-8-6-21(7-9-22)18(2)3/h6-11,14-18H,5,12-13H2,1-4H3,(H,33,34)(H,30,31,32). The van der Waals surface area contributed by atoms with Gasteiger partial charge in [-0.3, -0.25) is 4.79 Å². The Bertz CT molecular complexity index is 1290. The molecule has 0 bridgehead atoms. The minimum Gasteiger partial charge on any atom is -0.441 e. The molecule has 4 aromatic rings. The van der Waals surface area contributed by atoms with E-state index in [1.54, 1.807) is 6.20 Å². The Labute approximate surface area is 206 Å². The maximum Gasteiger partial charge on any atom is 0.224 e. The number of rotatable bonds is 9. The first-order valence-electron chi connectivity index (χ1n) is 11.9. The van der Waals surface area contributed by atoms with Gasteiger partial charge in [0.2, 0.25) is 5.91 Å². The van der Waals surface area contributed by atoms with Crippen molar-refractivity contribution in [3.05, 3.63) is 83.8 Å². The highest BCUT2D eigenvalue weighted by Crippen LogP contribution is 2.26. The fourth-order valence-electron chi connectivity index (χ4n) is 3.77. The summed E-state index contributed by atoms with van der Waals surface area (Å²) in [6.45, 7) is 8.32. The molecule has 2 aromatic carbocycles. The largest absolute Gasteiger partial charge is 0.441 e. The zero-order valence-electron chi connectivity index (χ0n) is 20.6. The lowest BCUT2D eigenvalue weighted by atomic mass is 10.0. The second-order valence-corrected chi connectivity index (χ2v) is 8.84. The van der Waals surface area contributed by atoms with E-state index in [0.717, 1.165) is 34.6 Å². The Morgan fingerprint density at radius 3 is 2.54 bits per heavy atom. The lowest BCUT2D eigenvalue weighted by Gasteiger charge is -2.13. The molecule has 0 atom stereocenters. The molecule has 4 rings (SSSR count). The number of aryl methyl sites for hydroxylation is 3. The van der Waals surface area contributed by atoms with Crippen LogP contribution in [0.15, 0.2) is 65.5 Å². The Balaban J connectivity index is 1.37. The fourth-order valence-corrected chi connectivity index (χ4v) is 3.77. The van der Waals surface area contributed by atoms with Crippen molar-refractivity contribution in [2.45, 2.75) is 52.9 Å². The van der Waals surface area contributed by atoms with Gasteiger partial charge in [-0.15, -0.1) is 0 Å². The Kier molecular flexibility index (Phi) is 7.55. The van der Waals surface area contributed by atoms with Crippen molar-refractivity contribution in [2.24, 2.45) is 0 Å². The minimum absolute atomic E-state index is 0.0873. The minimum atomic E-state index is -0.0873. The smallest absolute Gasteiger partial charge is 0.224 e. The summed E-state index contributed by atoms with van der Waals surface area (Å²) in [6.07, 6.45) is 4.75. The van der Waals surface area contributed by atoms with Crippen molar-refractivity contribution in [3.63, 3.8) is 0 Å². The van der Waals surface area contributed by atoms with Crippen molar-refractivity contribution < 1.29 is 9.21 Å². The molecule has 0 saturated heterocycles. The van der Waals surface area contributed by atoms with Gasteiger partial charge in [0, 0.05) is 41.5 Å². The highest BCUT2D eigenvalue weighted by molar-refractivity contribution is 5.92. The summed E-state index contributed by atoms with van der Waals surface area (Å²) in [5.74, 6) is 2.36. The second-order valence-electron chi connectivity index (χ2n) is 8.84. The molecule has 7 nitrogen and oxygen atoms in total. The molecule has 0 aliphatic rings. The molecule has 2 N–H and O–H groups in total. The predicted octanol–water partition coefficient (Wildman–Crippen LogP) is 6.44. The molecule has 0 fully saturated rings.